The first kappa shape index (κ1) is 14.3. The van der Waals surface area contributed by atoms with Crippen molar-refractivity contribution < 1.29 is 4.52 Å². The number of nitrogens with zero attached hydrogens (tertiary/aromatic N) is 1. The predicted molar refractivity (Wildman–Crippen MR) is 80.9 cm³/mol. The van der Waals surface area contributed by atoms with Crippen molar-refractivity contribution in [3.63, 3.8) is 0 Å². The first-order chi connectivity index (χ1) is 9.08. The maximum atomic E-state index is 5.47. The normalized spacial score (nSPS) is 11.2. The molecule has 1 N–H and O–H groups in total. The Morgan fingerprint density at radius 1 is 1.26 bits per heavy atom. The van der Waals surface area contributed by atoms with Crippen molar-refractivity contribution in [3.8, 4) is 11.3 Å². The minimum atomic E-state index is 0.637. The van der Waals surface area contributed by atoms with Crippen LogP contribution in [0, 0.1) is 12.8 Å². The summed E-state index contributed by atoms with van der Waals surface area (Å²) in [7, 11) is 0. The van der Waals surface area contributed by atoms with Gasteiger partial charge in [0.25, 0.3) is 0 Å². The monoisotopic (exact) mass is 322 g/mol. The molecule has 0 unspecified atom stereocenters. The minimum Gasteiger partial charge on any atom is -0.356 e. The van der Waals surface area contributed by atoms with Gasteiger partial charge in [-0.25, -0.2) is 0 Å². The molecule has 0 aliphatic carbocycles. The number of rotatable bonds is 5. The first-order valence-corrected chi connectivity index (χ1v) is 7.29. The summed E-state index contributed by atoms with van der Waals surface area (Å²) in [5.74, 6) is 1.49. The van der Waals surface area contributed by atoms with Gasteiger partial charge in [-0.05, 0) is 31.5 Å². The Bertz CT molecular complexity index is 532. The Morgan fingerprint density at radius 3 is 2.58 bits per heavy atom. The van der Waals surface area contributed by atoms with E-state index in [2.05, 4.69) is 47.2 Å². The molecule has 19 heavy (non-hydrogen) atoms. The average molecular weight is 323 g/mol. The van der Waals surface area contributed by atoms with E-state index in [4.69, 9.17) is 4.52 Å². The molecule has 0 bridgehead atoms. The van der Waals surface area contributed by atoms with Crippen molar-refractivity contribution in [1.29, 1.82) is 0 Å². The van der Waals surface area contributed by atoms with Crippen LogP contribution >= 0.6 is 15.9 Å². The first-order valence-electron chi connectivity index (χ1n) is 6.49. The molecule has 0 aliphatic rings. The summed E-state index contributed by atoms with van der Waals surface area (Å²) in [6.07, 6.45) is 0. The molecular formula is C15H19BrN2O. The molecule has 3 nitrogen and oxygen atoms in total. The van der Waals surface area contributed by atoms with Crippen LogP contribution in [0.3, 0.4) is 0 Å². The molecular weight excluding hydrogens is 304 g/mol. The van der Waals surface area contributed by atoms with Gasteiger partial charge in [0.1, 0.15) is 5.69 Å². The number of aromatic nitrogens is 1. The summed E-state index contributed by atoms with van der Waals surface area (Å²) in [5.41, 5.74) is 3.15. The Hall–Kier alpha value is -1.13. The van der Waals surface area contributed by atoms with E-state index in [0.29, 0.717) is 5.92 Å². The number of hydrogen-bond donors (Lipinski definition) is 1. The summed E-state index contributed by atoms with van der Waals surface area (Å²) < 4.78 is 6.54. The molecule has 0 amide bonds. The Morgan fingerprint density at radius 2 is 1.95 bits per heavy atom. The van der Waals surface area contributed by atoms with Gasteiger partial charge in [-0.15, -0.1) is 0 Å². The third-order valence-electron chi connectivity index (χ3n) is 2.97. The summed E-state index contributed by atoms with van der Waals surface area (Å²) in [6.45, 7) is 8.18. The van der Waals surface area contributed by atoms with Crippen LogP contribution in [0.25, 0.3) is 11.3 Å². The molecule has 0 aliphatic heterocycles. The van der Waals surface area contributed by atoms with Crippen LogP contribution in [-0.4, -0.2) is 11.7 Å². The maximum absolute atomic E-state index is 5.47. The average Bonchev–Trinajstić information content (AvgIpc) is 2.72. The molecule has 0 radical (unpaired) electrons. The van der Waals surface area contributed by atoms with Gasteiger partial charge < -0.3 is 9.84 Å². The third-order valence-corrected chi connectivity index (χ3v) is 3.50. The van der Waals surface area contributed by atoms with Crippen LogP contribution in [0.5, 0.6) is 0 Å². The van der Waals surface area contributed by atoms with Gasteiger partial charge >= 0.3 is 0 Å². The van der Waals surface area contributed by atoms with Crippen LogP contribution < -0.4 is 5.32 Å². The molecule has 4 heteroatoms. The van der Waals surface area contributed by atoms with E-state index in [1.807, 2.05) is 24.3 Å². The van der Waals surface area contributed by atoms with E-state index in [9.17, 15) is 0 Å². The topological polar surface area (TPSA) is 38.1 Å². The van der Waals surface area contributed by atoms with Gasteiger partial charge in [-0.2, -0.15) is 0 Å². The van der Waals surface area contributed by atoms with Crippen molar-refractivity contribution >= 4 is 15.9 Å². The molecule has 1 heterocycles. The number of halogens is 1. The highest BCUT2D eigenvalue weighted by Crippen LogP contribution is 2.26. The van der Waals surface area contributed by atoms with Gasteiger partial charge in [0.15, 0.2) is 5.76 Å². The second kappa shape index (κ2) is 6.35. The van der Waals surface area contributed by atoms with Crippen molar-refractivity contribution in [2.24, 2.45) is 5.92 Å². The SMILES string of the molecule is Cc1c(CNCC(C)C)noc1-c1ccc(Br)cc1. The van der Waals surface area contributed by atoms with Gasteiger partial charge in [-0.1, -0.05) is 47.1 Å². The smallest absolute Gasteiger partial charge is 0.170 e. The van der Waals surface area contributed by atoms with Crippen molar-refractivity contribution in [2.75, 3.05) is 6.54 Å². The standard InChI is InChI=1S/C15H19BrN2O/c1-10(2)8-17-9-14-11(3)15(19-18-14)12-4-6-13(16)7-5-12/h4-7,10,17H,8-9H2,1-3H3. The third kappa shape index (κ3) is 3.67. The highest BCUT2D eigenvalue weighted by atomic mass is 79.9. The van der Waals surface area contributed by atoms with E-state index >= 15 is 0 Å². The van der Waals surface area contributed by atoms with E-state index in [1.54, 1.807) is 0 Å². The van der Waals surface area contributed by atoms with Crippen LogP contribution in [0.15, 0.2) is 33.3 Å². The summed E-state index contributed by atoms with van der Waals surface area (Å²) >= 11 is 3.43. The Balaban J connectivity index is 2.11. The summed E-state index contributed by atoms with van der Waals surface area (Å²) in [6, 6.07) is 8.08. The minimum absolute atomic E-state index is 0.637. The summed E-state index contributed by atoms with van der Waals surface area (Å²) in [5, 5.41) is 7.55. The lowest BCUT2D eigenvalue weighted by atomic mass is 10.1. The van der Waals surface area contributed by atoms with E-state index < -0.39 is 0 Å². The largest absolute Gasteiger partial charge is 0.356 e. The van der Waals surface area contributed by atoms with Crippen LogP contribution in [-0.2, 0) is 6.54 Å². The second-order valence-corrected chi connectivity index (χ2v) is 6.03. The lowest BCUT2D eigenvalue weighted by Gasteiger charge is -2.05. The molecule has 1 aromatic carbocycles. The zero-order valence-corrected chi connectivity index (χ0v) is 13.1. The van der Waals surface area contributed by atoms with Crippen molar-refractivity contribution in [3.05, 3.63) is 40.0 Å². The van der Waals surface area contributed by atoms with E-state index in [1.165, 1.54) is 0 Å². The van der Waals surface area contributed by atoms with Crippen LogP contribution in [0.2, 0.25) is 0 Å². The van der Waals surface area contributed by atoms with E-state index in [-0.39, 0.29) is 0 Å². The molecule has 1 aromatic heterocycles. The molecule has 102 valence electrons. The lowest BCUT2D eigenvalue weighted by molar-refractivity contribution is 0.418. The summed E-state index contributed by atoms with van der Waals surface area (Å²) in [4.78, 5) is 0. The highest BCUT2D eigenvalue weighted by Gasteiger charge is 2.13. The number of nitrogens with one attached hydrogen (secondary N) is 1. The van der Waals surface area contributed by atoms with Gasteiger partial charge in [0, 0.05) is 22.1 Å². The molecule has 0 atom stereocenters. The Labute approximate surface area is 122 Å². The quantitative estimate of drug-likeness (QED) is 0.898. The fraction of sp³-hybridized carbons (Fsp3) is 0.400. The van der Waals surface area contributed by atoms with Crippen molar-refractivity contribution in [2.45, 2.75) is 27.3 Å². The van der Waals surface area contributed by atoms with Crippen LogP contribution in [0.1, 0.15) is 25.1 Å². The van der Waals surface area contributed by atoms with E-state index in [0.717, 1.165) is 40.1 Å². The zero-order chi connectivity index (χ0) is 13.8. The lowest BCUT2D eigenvalue weighted by Crippen LogP contribution is -2.19. The predicted octanol–water partition coefficient (Wildman–Crippen LogP) is 4.16. The molecule has 2 aromatic rings. The fourth-order valence-corrected chi connectivity index (χ4v) is 2.15. The van der Waals surface area contributed by atoms with Crippen LogP contribution in [0.4, 0.5) is 0 Å². The number of benzene rings is 1. The number of hydrogen-bond acceptors (Lipinski definition) is 3. The molecule has 2 rings (SSSR count). The highest BCUT2D eigenvalue weighted by molar-refractivity contribution is 9.10. The second-order valence-electron chi connectivity index (χ2n) is 5.12. The molecule has 0 saturated carbocycles. The van der Waals surface area contributed by atoms with Gasteiger partial charge in [-0.3, -0.25) is 0 Å². The fourth-order valence-electron chi connectivity index (χ4n) is 1.88. The molecule has 0 fully saturated rings. The molecule has 0 saturated heterocycles. The Kier molecular flexibility index (Phi) is 4.77. The van der Waals surface area contributed by atoms with Crippen molar-refractivity contribution in [1.82, 2.24) is 10.5 Å². The van der Waals surface area contributed by atoms with Gasteiger partial charge in [0.2, 0.25) is 0 Å². The van der Waals surface area contributed by atoms with Gasteiger partial charge in [0.05, 0.1) is 0 Å². The maximum Gasteiger partial charge on any atom is 0.170 e. The molecule has 0 spiro atoms. The zero-order valence-electron chi connectivity index (χ0n) is 11.5.